The quantitative estimate of drug-likeness (QED) is 0.542. The van der Waals surface area contributed by atoms with Crippen molar-refractivity contribution in [1.29, 1.82) is 0 Å². The van der Waals surface area contributed by atoms with Crippen LogP contribution >= 0.6 is 0 Å². The zero-order chi connectivity index (χ0) is 7.98. The van der Waals surface area contributed by atoms with E-state index >= 15 is 0 Å². The minimum atomic E-state index is 0.233. The van der Waals surface area contributed by atoms with Gasteiger partial charge in [0.2, 0.25) is 0 Å². The first-order valence-electron chi connectivity index (χ1n) is 3.66. The smallest absolute Gasteiger partial charge is 0.134 e. The molecule has 0 fully saturated rings. The third-order valence-electron chi connectivity index (χ3n) is 1.16. The molecule has 2 heteroatoms. The summed E-state index contributed by atoms with van der Waals surface area (Å²) in [5, 5.41) is 8.85. The first-order valence-corrected chi connectivity index (χ1v) is 3.66. The van der Waals surface area contributed by atoms with E-state index in [0.717, 1.165) is 12.8 Å². The molecule has 1 rings (SSSR count). The van der Waals surface area contributed by atoms with Crippen molar-refractivity contribution in [2.24, 2.45) is 5.73 Å². The Bertz CT molecular complexity index is 129. The minimum Gasteiger partial charge on any atom is -0.506 e. The summed E-state index contributed by atoms with van der Waals surface area (Å²) in [5.41, 5.74) is 5.83. The second-order valence-corrected chi connectivity index (χ2v) is 1.83. The van der Waals surface area contributed by atoms with Gasteiger partial charge in [-0.05, 0) is 18.9 Å². The van der Waals surface area contributed by atoms with Crippen LogP contribution in [0, 0.1) is 0 Å². The summed E-state index contributed by atoms with van der Waals surface area (Å²) in [6.45, 7) is 4.00. The van der Waals surface area contributed by atoms with E-state index in [1.807, 2.05) is 19.9 Å². The molecule has 1 aliphatic rings. The Hall–Kier alpha value is -0.920. The van der Waals surface area contributed by atoms with Crippen LogP contribution in [0.5, 0.6) is 0 Å². The van der Waals surface area contributed by atoms with Gasteiger partial charge in [-0.25, -0.2) is 0 Å². The van der Waals surface area contributed by atoms with E-state index in [9.17, 15) is 0 Å². The van der Waals surface area contributed by atoms with Gasteiger partial charge in [0.15, 0.2) is 0 Å². The minimum absolute atomic E-state index is 0.233. The molecular formula is C8H15NO. The summed E-state index contributed by atoms with van der Waals surface area (Å²) in [7, 11) is 0. The molecule has 0 amide bonds. The second kappa shape index (κ2) is 4.91. The van der Waals surface area contributed by atoms with Crippen LogP contribution in [-0.4, -0.2) is 5.11 Å². The summed E-state index contributed by atoms with van der Waals surface area (Å²) in [6, 6.07) is 0. The fourth-order valence-corrected chi connectivity index (χ4v) is 0.681. The number of allylic oxidation sites excluding steroid dienone is 2. The molecule has 0 unspecified atom stereocenters. The highest BCUT2D eigenvalue weighted by Gasteiger charge is 1.99. The molecule has 0 aliphatic heterocycles. The van der Waals surface area contributed by atoms with Gasteiger partial charge in [-0.1, -0.05) is 19.9 Å². The number of aliphatic hydroxyl groups is 1. The molecule has 0 aromatic heterocycles. The Morgan fingerprint density at radius 3 is 2.10 bits per heavy atom. The third kappa shape index (κ3) is 2.58. The van der Waals surface area contributed by atoms with Crippen LogP contribution in [0.3, 0.4) is 0 Å². The maximum atomic E-state index is 8.85. The van der Waals surface area contributed by atoms with Crippen LogP contribution < -0.4 is 5.73 Å². The summed E-state index contributed by atoms with van der Waals surface area (Å²) >= 11 is 0. The lowest BCUT2D eigenvalue weighted by molar-refractivity contribution is 0.415. The molecule has 2 nitrogen and oxygen atoms in total. The number of rotatable bonds is 0. The van der Waals surface area contributed by atoms with Crippen LogP contribution in [0.2, 0.25) is 0 Å². The highest BCUT2D eigenvalue weighted by molar-refractivity contribution is 5.24. The molecule has 58 valence electrons. The predicted octanol–water partition coefficient (Wildman–Crippen LogP) is 2.09. The molecule has 3 N–H and O–H groups in total. The van der Waals surface area contributed by atoms with E-state index in [-0.39, 0.29) is 5.76 Å². The zero-order valence-electron chi connectivity index (χ0n) is 6.59. The maximum absolute atomic E-state index is 8.85. The molecule has 0 heterocycles. The molecule has 0 aromatic carbocycles. The number of aliphatic hydroxyl groups excluding tert-OH is 1. The van der Waals surface area contributed by atoms with Gasteiger partial charge in [-0.2, -0.15) is 0 Å². The Morgan fingerprint density at radius 2 is 1.80 bits per heavy atom. The molecule has 0 spiro atoms. The van der Waals surface area contributed by atoms with Crippen LogP contribution in [0.15, 0.2) is 23.6 Å². The van der Waals surface area contributed by atoms with Crippen LogP contribution in [0.25, 0.3) is 0 Å². The maximum Gasteiger partial charge on any atom is 0.134 e. The second-order valence-electron chi connectivity index (χ2n) is 1.83. The average molecular weight is 141 g/mol. The first-order chi connectivity index (χ1) is 4.80. The van der Waals surface area contributed by atoms with Crippen LogP contribution in [0.1, 0.15) is 26.7 Å². The van der Waals surface area contributed by atoms with Crippen molar-refractivity contribution in [2.75, 3.05) is 0 Å². The zero-order valence-corrected chi connectivity index (χ0v) is 6.59. The van der Waals surface area contributed by atoms with Gasteiger partial charge in [0, 0.05) is 0 Å². The van der Waals surface area contributed by atoms with E-state index in [1.165, 1.54) is 0 Å². The lowest BCUT2D eigenvalue weighted by atomic mass is 10.1. The van der Waals surface area contributed by atoms with Gasteiger partial charge in [0.25, 0.3) is 0 Å². The Morgan fingerprint density at radius 1 is 1.30 bits per heavy atom. The molecule has 0 atom stereocenters. The SMILES string of the molecule is CC.NC1=CCCC=C1O. The molecule has 0 radical (unpaired) electrons. The van der Waals surface area contributed by atoms with Crippen molar-refractivity contribution in [3.05, 3.63) is 23.6 Å². The van der Waals surface area contributed by atoms with Gasteiger partial charge in [-0.3, -0.25) is 0 Å². The van der Waals surface area contributed by atoms with Crippen molar-refractivity contribution in [3.8, 4) is 0 Å². The lowest BCUT2D eigenvalue weighted by Gasteiger charge is -2.03. The van der Waals surface area contributed by atoms with Crippen LogP contribution in [0.4, 0.5) is 0 Å². The highest BCUT2D eigenvalue weighted by Crippen LogP contribution is 2.10. The third-order valence-corrected chi connectivity index (χ3v) is 1.16. The van der Waals surface area contributed by atoms with Gasteiger partial charge in [0.05, 0.1) is 5.70 Å². The highest BCUT2D eigenvalue weighted by atomic mass is 16.3. The van der Waals surface area contributed by atoms with E-state index in [0.29, 0.717) is 5.70 Å². The predicted molar refractivity (Wildman–Crippen MR) is 43.6 cm³/mol. The van der Waals surface area contributed by atoms with Crippen molar-refractivity contribution in [3.63, 3.8) is 0 Å². The summed E-state index contributed by atoms with van der Waals surface area (Å²) in [4.78, 5) is 0. The summed E-state index contributed by atoms with van der Waals surface area (Å²) in [5.74, 6) is 0.233. The molecule has 1 aliphatic carbocycles. The Labute approximate surface area is 62.0 Å². The van der Waals surface area contributed by atoms with Crippen molar-refractivity contribution in [1.82, 2.24) is 0 Å². The van der Waals surface area contributed by atoms with Crippen molar-refractivity contribution in [2.45, 2.75) is 26.7 Å². The van der Waals surface area contributed by atoms with E-state index < -0.39 is 0 Å². The van der Waals surface area contributed by atoms with E-state index in [4.69, 9.17) is 10.8 Å². The van der Waals surface area contributed by atoms with Gasteiger partial charge in [0.1, 0.15) is 5.76 Å². The van der Waals surface area contributed by atoms with Crippen molar-refractivity contribution >= 4 is 0 Å². The largest absolute Gasteiger partial charge is 0.506 e. The number of hydrogen-bond acceptors (Lipinski definition) is 2. The van der Waals surface area contributed by atoms with Gasteiger partial charge in [-0.15, -0.1) is 0 Å². The molecule has 0 aromatic rings. The molecule has 0 bridgehead atoms. The fraction of sp³-hybridized carbons (Fsp3) is 0.500. The molecule has 10 heavy (non-hydrogen) atoms. The average Bonchev–Trinajstić information content (AvgIpc) is 2.00. The van der Waals surface area contributed by atoms with E-state index in [2.05, 4.69) is 0 Å². The number of nitrogens with two attached hydrogens (primary N) is 1. The molecule has 0 saturated carbocycles. The van der Waals surface area contributed by atoms with Gasteiger partial charge >= 0.3 is 0 Å². The summed E-state index contributed by atoms with van der Waals surface area (Å²) < 4.78 is 0. The first kappa shape index (κ1) is 9.08. The molecular weight excluding hydrogens is 126 g/mol. The Balaban J connectivity index is 0.000000371. The fourth-order valence-electron chi connectivity index (χ4n) is 0.681. The van der Waals surface area contributed by atoms with Crippen molar-refractivity contribution < 1.29 is 5.11 Å². The van der Waals surface area contributed by atoms with Crippen LogP contribution in [-0.2, 0) is 0 Å². The normalized spacial score (nSPS) is 16.2. The summed E-state index contributed by atoms with van der Waals surface area (Å²) in [6.07, 6.45) is 5.42. The number of hydrogen-bond donors (Lipinski definition) is 2. The van der Waals surface area contributed by atoms with Gasteiger partial charge < -0.3 is 10.8 Å². The Kier molecular flexibility index (Phi) is 4.46. The topological polar surface area (TPSA) is 46.2 Å². The van der Waals surface area contributed by atoms with E-state index in [1.54, 1.807) is 6.08 Å². The monoisotopic (exact) mass is 141 g/mol. The standard InChI is InChI=1S/C6H9NO.C2H6/c7-5-3-1-2-4-6(5)8;1-2/h3-4,8H,1-2,7H2;1-2H3. The molecule has 0 saturated heterocycles. The lowest BCUT2D eigenvalue weighted by Crippen LogP contribution is -2.03.